The van der Waals surface area contributed by atoms with Gasteiger partial charge >= 0.3 is 0 Å². The smallest absolute Gasteiger partial charge is 0.0718 e. The maximum atomic E-state index is 9.96. The molecule has 2 atom stereocenters. The van der Waals surface area contributed by atoms with E-state index in [2.05, 4.69) is 33.8 Å². The largest absolute Gasteiger partial charge is 0.389 e. The van der Waals surface area contributed by atoms with Crippen molar-refractivity contribution in [1.82, 2.24) is 4.90 Å². The van der Waals surface area contributed by atoms with Crippen molar-refractivity contribution in [3.8, 4) is 0 Å². The van der Waals surface area contributed by atoms with E-state index in [0.29, 0.717) is 6.54 Å². The topological polar surface area (TPSA) is 49.5 Å². The molecule has 0 radical (unpaired) electrons. The summed E-state index contributed by atoms with van der Waals surface area (Å²) < 4.78 is 1.11. The highest BCUT2D eigenvalue weighted by molar-refractivity contribution is 9.11. The standard InChI is InChI=1S/C13H23BrN2OS/c1-5-9(15)12(10-6-7-11(14)18-10)16(4)8-13(2,3)17/h6-7,9,12,17H,5,8,15H2,1-4H3. The lowest BCUT2D eigenvalue weighted by Crippen LogP contribution is -2.44. The summed E-state index contributed by atoms with van der Waals surface area (Å²) in [5, 5.41) is 9.96. The van der Waals surface area contributed by atoms with Crippen LogP contribution in [0.4, 0.5) is 0 Å². The Hall–Kier alpha value is 0.0600. The molecule has 18 heavy (non-hydrogen) atoms. The zero-order valence-electron chi connectivity index (χ0n) is 11.5. The van der Waals surface area contributed by atoms with E-state index < -0.39 is 5.60 Å². The van der Waals surface area contributed by atoms with Gasteiger partial charge in [-0.05, 0) is 55.4 Å². The summed E-state index contributed by atoms with van der Waals surface area (Å²) in [6, 6.07) is 4.38. The molecule has 0 aliphatic carbocycles. The summed E-state index contributed by atoms with van der Waals surface area (Å²) in [7, 11) is 2.02. The molecule has 0 spiro atoms. The normalized spacial score (nSPS) is 16.0. The average Bonchev–Trinajstić information content (AvgIpc) is 2.62. The first-order valence-corrected chi connectivity index (χ1v) is 7.79. The summed E-state index contributed by atoms with van der Waals surface area (Å²) in [5.74, 6) is 0. The summed E-state index contributed by atoms with van der Waals surface area (Å²) in [6.07, 6.45) is 0.913. The fourth-order valence-corrected chi connectivity index (χ4v) is 3.84. The van der Waals surface area contributed by atoms with Crippen LogP contribution < -0.4 is 5.73 Å². The van der Waals surface area contributed by atoms with Gasteiger partial charge in [-0.25, -0.2) is 0 Å². The first-order valence-electron chi connectivity index (χ1n) is 6.18. The van der Waals surface area contributed by atoms with Gasteiger partial charge in [0, 0.05) is 17.5 Å². The number of rotatable bonds is 6. The Morgan fingerprint density at radius 2 is 2.11 bits per heavy atom. The number of thiophene rings is 1. The van der Waals surface area contributed by atoms with Gasteiger partial charge in [0.1, 0.15) is 0 Å². The quantitative estimate of drug-likeness (QED) is 0.840. The second kappa shape index (κ2) is 6.48. The van der Waals surface area contributed by atoms with Crippen molar-refractivity contribution in [3.63, 3.8) is 0 Å². The Morgan fingerprint density at radius 1 is 1.50 bits per heavy atom. The summed E-state index contributed by atoms with van der Waals surface area (Å²) >= 11 is 5.20. The highest BCUT2D eigenvalue weighted by atomic mass is 79.9. The molecule has 3 nitrogen and oxygen atoms in total. The third-order valence-corrected chi connectivity index (χ3v) is 4.57. The lowest BCUT2D eigenvalue weighted by Gasteiger charge is -2.35. The predicted octanol–water partition coefficient (Wildman–Crippen LogP) is 2.99. The van der Waals surface area contributed by atoms with Crippen LogP contribution in [0.25, 0.3) is 0 Å². The lowest BCUT2D eigenvalue weighted by atomic mass is 10.0. The molecule has 2 unspecified atom stereocenters. The van der Waals surface area contributed by atoms with Crippen LogP contribution in [0, 0.1) is 0 Å². The van der Waals surface area contributed by atoms with Crippen LogP contribution in [-0.2, 0) is 0 Å². The van der Waals surface area contributed by atoms with Gasteiger partial charge in [-0.3, -0.25) is 4.90 Å². The molecule has 0 fully saturated rings. The van der Waals surface area contributed by atoms with Gasteiger partial charge in [-0.1, -0.05) is 6.92 Å². The highest BCUT2D eigenvalue weighted by Gasteiger charge is 2.28. The Labute approximate surface area is 122 Å². The Bertz CT molecular complexity index is 375. The van der Waals surface area contributed by atoms with Gasteiger partial charge in [-0.2, -0.15) is 0 Å². The van der Waals surface area contributed by atoms with Gasteiger partial charge in [0.05, 0.1) is 15.4 Å². The molecule has 5 heteroatoms. The van der Waals surface area contributed by atoms with E-state index in [1.54, 1.807) is 11.3 Å². The maximum absolute atomic E-state index is 9.96. The monoisotopic (exact) mass is 334 g/mol. The molecule has 1 aromatic rings. The van der Waals surface area contributed by atoms with Crippen molar-refractivity contribution < 1.29 is 5.11 Å². The Morgan fingerprint density at radius 3 is 2.50 bits per heavy atom. The van der Waals surface area contributed by atoms with Crippen LogP contribution in [0.5, 0.6) is 0 Å². The third kappa shape index (κ3) is 4.63. The molecular weight excluding hydrogens is 312 g/mol. The van der Waals surface area contributed by atoms with Gasteiger partial charge in [0.25, 0.3) is 0 Å². The van der Waals surface area contributed by atoms with E-state index in [1.807, 2.05) is 27.0 Å². The van der Waals surface area contributed by atoms with E-state index in [4.69, 9.17) is 5.73 Å². The number of nitrogens with zero attached hydrogens (tertiary/aromatic N) is 1. The van der Waals surface area contributed by atoms with Crippen LogP contribution >= 0.6 is 27.3 Å². The summed E-state index contributed by atoms with van der Waals surface area (Å²) in [5.41, 5.74) is 5.53. The molecule has 0 aliphatic rings. The number of hydrogen-bond donors (Lipinski definition) is 2. The molecular formula is C13H23BrN2OS. The van der Waals surface area contributed by atoms with E-state index in [-0.39, 0.29) is 12.1 Å². The minimum Gasteiger partial charge on any atom is -0.389 e. The molecule has 0 saturated heterocycles. The molecule has 0 aliphatic heterocycles. The van der Waals surface area contributed by atoms with Crippen LogP contribution in [-0.4, -0.2) is 35.2 Å². The molecule has 1 rings (SSSR count). The molecule has 1 heterocycles. The fraction of sp³-hybridized carbons (Fsp3) is 0.692. The molecule has 0 bridgehead atoms. The zero-order valence-corrected chi connectivity index (χ0v) is 13.9. The molecule has 3 N–H and O–H groups in total. The maximum Gasteiger partial charge on any atom is 0.0718 e. The van der Waals surface area contributed by atoms with Crippen molar-refractivity contribution in [2.75, 3.05) is 13.6 Å². The second-order valence-electron chi connectivity index (χ2n) is 5.39. The number of likely N-dealkylation sites (N-methyl/N-ethyl adjacent to an activating group) is 1. The third-order valence-electron chi connectivity index (χ3n) is 2.87. The van der Waals surface area contributed by atoms with Gasteiger partial charge in [0.15, 0.2) is 0 Å². The first kappa shape index (κ1) is 16.1. The predicted molar refractivity (Wildman–Crippen MR) is 82.0 cm³/mol. The Balaban J connectivity index is 2.92. The van der Waals surface area contributed by atoms with Crippen molar-refractivity contribution in [3.05, 3.63) is 20.8 Å². The zero-order chi connectivity index (χ0) is 13.9. The van der Waals surface area contributed by atoms with Crippen molar-refractivity contribution in [2.24, 2.45) is 5.73 Å². The average molecular weight is 335 g/mol. The molecule has 104 valence electrons. The SMILES string of the molecule is CCC(N)C(c1ccc(Br)s1)N(C)CC(C)(C)O. The van der Waals surface area contributed by atoms with Crippen LogP contribution in [0.2, 0.25) is 0 Å². The van der Waals surface area contributed by atoms with Gasteiger partial charge < -0.3 is 10.8 Å². The lowest BCUT2D eigenvalue weighted by molar-refractivity contribution is 0.0272. The number of aliphatic hydroxyl groups is 1. The van der Waals surface area contributed by atoms with Crippen molar-refractivity contribution in [1.29, 1.82) is 0 Å². The van der Waals surface area contributed by atoms with Crippen molar-refractivity contribution >= 4 is 27.3 Å². The van der Waals surface area contributed by atoms with Crippen LogP contribution in [0.3, 0.4) is 0 Å². The van der Waals surface area contributed by atoms with Crippen LogP contribution in [0.1, 0.15) is 38.1 Å². The summed E-state index contributed by atoms with van der Waals surface area (Å²) in [4.78, 5) is 3.38. The molecule has 0 aromatic carbocycles. The van der Waals surface area contributed by atoms with E-state index in [0.717, 1.165) is 10.2 Å². The molecule has 1 aromatic heterocycles. The number of nitrogens with two attached hydrogens (primary N) is 1. The molecule has 0 saturated carbocycles. The fourth-order valence-electron chi connectivity index (χ4n) is 2.17. The molecule has 0 amide bonds. The van der Waals surface area contributed by atoms with E-state index >= 15 is 0 Å². The van der Waals surface area contributed by atoms with Crippen molar-refractivity contribution in [2.45, 2.75) is 44.9 Å². The Kier molecular flexibility index (Phi) is 5.80. The minimum absolute atomic E-state index is 0.0721. The number of halogens is 1. The van der Waals surface area contributed by atoms with Crippen LogP contribution in [0.15, 0.2) is 15.9 Å². The van der Waals surface area contributed by atoms with Gasteiger partial charge in [-0.15, -0.1) is 11.3 Å². The first-order chi connectivity index (χ1) is 8.24. The second-order valence-corrected chi connectivity index (χ2v) is 7.88. The summed E-state index contributed by atoms with van der Waals surface area (Å²) in [6.45, 7) is 6.34. The highest BCUT2D eigenvalue weighted by Crippen LogP contribution is 2.33. The van der Waals surface area contributed by atoms with E-state index in [1.165, 1.54) is 4.88 Å². The minimum atomic E-state index is -0.713. The van der Waals surface area contributed by atoms with Gasteiger partial charge in [0.2, 0.25) is 0 Å². The van der Waals surface area contributed by atoms with E-state index in [9.17, 15) is 5.11 Å². The number of hydrogen-bond acceptors (Lipinski definition) is 4.